The Balaban J connectivity index is 0.0000132. The average molecular weight is 1270 g/mol. The van der Waals surface area contributed by atoms with Crippen molar-refractivity contribution in [2.45, 2.75) is 141 Å². The van der Waals surface area contributed by atoms with E-state index in [0.29, 0.717) is 69.2 Å². The summed E-state index contributed by atoms with van der Waals surface area (Å²) in [5, 5.41) is 45.0. The van der Waals surface area contributed by atoms with Crippen molar-refractivity contribution in [3.63, 3.8) is 0 Å². The highest BCUT2D eigenvalue weighted by atomic mass is 18.2. The third kappa shape index (κ3) is 23.9. The number of unbranched alkanes of at least 4 members (excludes halogenated alkanes) is 1. The maximum absolute atomic E-state index is 14.1. The molecule has 2 aliphatic carbocycles. The zero-order chi connectivity index (χ0) is 64.2. The number of ether oxygens (including phenoxy) is 5. The number of amidine groups is 1. The Morgan fingerprint density at radius 3 is 2.04 bits per heavy atom. The summed E-state index contributed by atoms with van der Waals surface area (Å²) in [6, 6.07) is 18.5. The van der Waals surface area contributed by atoms with E-state index in [1.165, 1.54) is 29.8 Å². The number of aliphatic carboxylic acids is 1. The van der Waals surface area contributed by atoms with E-state index in [9.17, 15) is 53.0 Å². The zero-order valence-electron chi connectivity index (χ0n) is 50.8. The number of hydrazone groups is 1. The van der Waals surface area contributed by atoms with Gasteiger partial charge in [0.15, 0.2) is 5.78 Å². The lowest BCUT2D eigenvalue weighted by molar-refractivity contribution is -0.145. The number of carboxylic acids is 1. The minimum Gasteiger partial charge on any atom is -0.508 e. The van der Waals surface area contributed by atoms with Gasteiger partial charge < -0.3 is 66.2 Å². The average Bonchev–Trinajstić information content (AvgIpc) is 1.67. The van der Waals surface area contributed by atoms with Gasteiger partial charge >= 0.3 is 11.9 Å². The minimum absolute atomic E-state index is 0. The molecule has 2 saturated carbocycles. The highest BCUT2D eigenvalue weighted by Gasteiger charge is 2.51. The number of rotatable bonds is 33. The predicted octanol–water partition coefficient (Wildman–Crippen LogP) is 5.07. The van der Waals surface area contributed by atoms with Crippen LogP contribution in [0.4, 0.5) is 4.39 Å². The fourth-order valence-corrected chi connectivity index (χ4v) is 11.6. The number of carbonyl (C=O) groups is 8. The summed E-state index contributed by atoms with van der Waals surface area (Å²) in [5.41, 5.74) is 15.8. The molecule has 0 aromatic heterocycles. The summed E-state index contributed by atoms with van der Waals surface area (Å²) in [7, 11) is 0. The van der Waals surface area contributed by atoms with Crippen molar-refractivity contribution in [2.24, 2.45) is 34.5 Å². The molecule has 24 nitrogen and oxygen atoms in total. The number of benzene rings is 3. The molecule has 3 aromatic rings. The second-order valence-electron chi connectivity index (χ2n) is 23.0. The molecule has 2 aliphatic heterocycles. The molecule has 1 unspecified atom stereocenters. The van der Waals surface area contributed by atoms with Crippen LogP contribution in [0.5, 0.6) is 5.75 Å². The number of carboxylic acid groups (broad SMARTS) is 1. The van der Waals surface area contributed by atoms with Crippen molar-refractivity contribution in [1.82, 2.24) is 32.0 Å². The Morgan fingerprint density at radius 1 is 0.659 bits per heavy atom. The molecule has 496 valence electrons. The first-order valence-corrected chi connectivity index (χ1v) is 31.1. The summed E-state index contributed by atoms with van der Waals surface area (Å²) < 4.78 is 40.2. The smallest absolute Gasteiger partial charge is 0.306 e. The molecule has 4 aliphatic rings. The number of nitrogens with two attached hydrogens (primary N) is 1. The van der Waals surface area contributed by atoms with Crippen LogP contribution in [0, 0.1) is 29.1 Å². The number of hydrogen-bond acceptors (Lipinski definition) is 17. The number of Topliss-reactive ketones (excluding diaryl/α,β-unsaturated/α-hetero) is 1. The number of allylic oxidation sites excluding steroid dienone is 1. The molecule has 0 spiro atoms. The molecular formula is C66H90FN9O15. The molecule has 91 heavy (non-hydrogen) atoms. The molecule has 0 bridgehead atoms. The number of fused-ring (bicyclic) bond motifs is 2. The van der Waals surface area contributed by atoms with Gasteiger partial charge in [0, 0.05) is 57.6 Å². The van der Waals surface area contributed by atoms with E-state index in [4.69, 9.17) is 39.9 Å². The number of aromatic hydroxyl groups is 1. The van der Waals surface area contributed by atoms with Gasteiger partial charge in [0.05, 0.1) is 76.0 Å². The number of alkyl halides is 1. The van der Waals surface area contributed by atoms with E-state index in [-0.39, 0.29) is 115 Å². The van der Waals surface area contributed by atoms with Crippen molar-refractivity contribution in [3.05, 3.63) is 107 Å². The molecule has 3 fully saturated rings. The molecule has 3 aromatic carbocycles. The maximum atomic E-state index is 14.1. The number of hydrogen-bond donors (Lipinski definition) is 10. The van der Waals surface area contributed by atoms with E-state index < -0.39 is 85.5 Å². The molecule has 8 atom stereocenters. The van der Waals surface area contributed by atoms with E-state index >= 15 is 0 Å². The van der Waals surface area contributed by atoms with Crippen molar-refractivity contribution in [1.29, 1.82) is 5.41 Å². The summed E-state index contributed by atoms with van der Waals surface area (Å²) in [4.78, 5) is 105. The maximum Gasteiger partial charge on any atom is 0.306 e. The van der Waals surface area contributed by atoms with Crippen LogP contribution < -0.4 is 37.7 Å². The van der Waals surface area contributed by atoms with Crippen LogP contribution in [0.3, 0.4) is 0 Å². The topological polar surface area (TPSA) is 358 Å². The van der Waals surface area contributed by atoms with Gasteiger partial charge in [-0.1, -0.05) is 74.2 Å². The number of ketones is 1. The van der Waals surface area contributed by atoms with Crippen LogP contribution in [0.2, 0.25) is 0 Å². The number of phenols is 1. The Hall–Kier alpha value is -8.13. The predicted molar refractivity (Wildman–Crippen MR) is 336 cm³/mol. The van der Waals surface area contributed by atoms with Crippen molar-refractivity contribution in [3.8, 4) is 5.75 Å². The lowest BCUT2D eigenvalue weighted by Crippen LogP contribution is -2.58. The van der Waals surface area contributed by atoms with Gasteiger partial charge in [0.25, 0.3) is 0 Å². The van der Waals surface area contributed by atoms with Gasteiger partial charge in [0.2, 0.25) is 29.5 Å². The second kappa shape index (κ2) is 37.9. The summed E-state index contributed by atoms with van der Waals surface area (Å²) in [6.07, 6.45) is 3.16. The van der Waals surface area contributed by atoms with Crippen LogP contribution in [0.25, 0.3) is 5.70 Å². The molecule has 5 amide bonds. The summed E-state index contributed by atoms with van der Waals surface area (Å²) in [5.74, 6) is -4.60. The van der Waals surface area contributed by atoms with Crippen LogP contribution in [-0.4, -0.2) is 159 Å². The Labute approximate surface area is 530 Å². The fraction of sp³-hybridized carbons (Fsp3) is 0.545. The third-order valence-corrected chi connectivity index (χ3v) is 16.5. The van der Waals surface area contributed by atoms with Gasteiger partial charge in [-0.2, -0.15) is 5.10 Å². The van der Waals surface area contributed by atoms with Gasteiger partial charge in [-0.15, -0.1) is 0 Å². The Morgan fingerprint density at radius 2 is 1.32 bits per heavy atom. The monoisotopic (exact) mass is 1270 g/mol. The highest BCUT2D eigenvalue weighted by molar-refractivity contribution is 6.06. The summed E-state index contributed by atoms with van der Waals surface area (Å²) in [6.45, 7) is 2.66. The quantitative estimate of drug-likeness (QED) is 0.0165. The van der Waals surface area contributed by atoms with Crippen LogP contribution in [-0.2, 0) is 75.1 Å². The van der Waals surface area contributed by atoms with Gasteiger partial charge in [-0.25, -0.2) is 4.39 Å². The Kier molecular flexibility index (Phi) is 30.0. The van der Waals surface area contributed by atoms with E-state index in [1.54, 1.807) is 0 Å². The first-order chi connectivity index (χ1) is 43.6. The van der Waals surface area contributed by atoms with Gasteiger partial charge in [-0.3, -0.25) is 49.2 Å². The number of halogens is 1. The number of nitrogens with zero attached hydrogens (tertiary/aromatic N) is 1. The third-order valence-electron chi connectivity index (χ3n) is 16.5. The van der Waals surface area contributed by atoms with Crippen LogP contribution in [0.15, 0.2) is 89.5 Å². The number of nitrogens with one attached hydrogen (secondary N) is 7. The standard InChI is InChI=1S/C65H86FN9O15.CH4/c66-28-32-87-33-34-88-35-36-89-40-50-46-19-21-48-49(22-20-47(46)50)62(75-74-61(48)43-7-2-1-3-8-43)44-15-11-42(12-16-44)39-90-60(82)10-6-30-86-31-27-57(78)69-29-5-4-9-52-63(83)71-51(23-25-56(67)68)55(77)24-26-58(79)70-54(38-59(80)81)65(85)73-53(64(84)72-52)37-41-13-17-45(76)18-14-41;/h1-3,7-8,11-18,46-48,50-54,75-76H,4-6,9-10,19-40H2,(H3,67,68)(H,69,78)(H,70,79)(H,71,83)(H,72,84)(H,73,85)(H,80,81);1H4/t46-,47+,48?,50-,51-,52-,53+,54-;/m0./s1/i66-1;. The number of phenolic OH excluding ortho intramolecular Hbond substituents is 1. The zero-order valence-corrected chi connectivity index (χ0v) is 50.8. The number of amides is 5. The van der Waals surface area contributed by atoms with Crippen molar-refractivity contribution < 1.29 is 76.6 Å². The fourth-order valence-electron chi connectivity index (χ4n) is 11.6. The van der Waals surface area contributed by atoms with E-state index in [0.717, 1.165) is 53.8 Å². The minimum atomic E-state index is -1.63. The molecular weight excluding hydrogens is 1180 g/mol. The summed E-state index contributed by atoms with van der Waals surface area (Å²) >= 11 is 0. The van der Waals surface area contributed by atoms with Gasteiger partial charge in [0.1, 0.15) is 37.2 Å². The first kappa shape index (κ1) is 71.9. The highest BCUT2D eigenvalue weighted by Crippen LogP contribution is 2.56. The van der Waals surface area contributed by atoms with Crippen LogP contribution in [0.1, 0.15) is 126 Å². The molecule has 0 radical (unpaired) electrons. The van der Waals surface area contributed by atoms with Crippen LogP contribution >= 0.6 is 0 Å². The number of esters is 1. The van der Waals surface area contributed by atoms with Crippen molar-refractivity contribution >= 4 is 64.5 Å². The van der Waals surface area contributed by atoms with E-state index in [2.05, 4.69) is 44.1 Å². The normalized spacial score (nSPS) is 22.0. The molecule has 11 N–H and O–H groups in total. The van der Waals surface area contributed by atoms with Crippen molar-refractivity contribution in [2.75, 3.05) is 66.1 Å². The number of carbonyl (C=O) groups excluding carboxylic acids is 7. The Bertz CT molecular complexity index is 2970. The first-order valence-electron chi connectivity index (χ1n) is 31.1. The largest absolute Gasteiger partial charge is 0.508 e. The molecule has 1 saturated heterocycles. The SMILES string of the molecule is C.N=C(N)CC[C@@H]1NC(=O)[C@H](CCCCNC(=O)CCOCCCC(=O)OCc2ccc(C3=C4CC[C@@H]5[C@H](CCC4C(c4ccccc4)=NN3)[C@@H]5COCCOCCOCC[18F])cc2)NC(=O)[C@@H](Cc2ccc(O)cc2)NC(=O)[C@H](CC(=O)O)NC(=O)CCC1=O. The lowest BCUT2D eigenvalue weighted by atomic mass is 9.78. The molecule has 25 heteroatoms. The second-order valence-corrected chi connectivity index (χ2v) is 23.0. The van der Waals surface area contributed by atoms with Gasteiger partial charge in [-0.05, 0) is 116 Å². The molecule has 7 rings (SSSR count). The molecule has 2 heterocycles. The lowest BCUT2D eigenvalue weighted by Gasteiger charge is -2.31. The van der Waals surface area contributed by atoms with E-state index in [1.807, 2.05) is 42.5 Å².